The van der Waals surface area contributed by atoms with Crippen molar-refractivity contribution in [2.45, 2.75) is 69.7 Å². The predicted octanol–water partition coefficient (Wildman–Crippen LogP) is 3.45. The first kappa shape index (κ1) is 16.3. The van der Waals surface area contributed by atoms with Crippen LogP contribution in [-0.2, 0) is 17.3 Å². The molecule has 1 aromatic rings. The Labute approximate surface area is 132 Å². The Morgan fingerprint density at radius 2 is 2.00 bits per heavy atom. The topological polar surface area (TPSA) is 46.9 Å². The number of amides is 1. The van der Waals surface area contributed by atoms with Gasteiger partial charge in [-0.1, -0.05) is 40.0 Å². The number of nitrogens with zero attached hydrogens (tertiary/aromatic N) is 2. The second-order valence-corrected chi connectivity index (χ2v) is 7.50. The lowest BCUT2D eigenvalue weighted by Gasteiger charge is -2.25. The standard InChI is InChI=1S/C16H26ClN3O/c1-16(2,3)14-12(10-20(4)19-14)13(17)15(21)18-11-8-6-5-7-9-11/h10-11,13H,5-9H2,1-4H3,(H,18,21). The Bertz CT molecular complexity index is 498. The zero-order valence-electron chi connectivity index (χ0n) is 13.4. The van der Waals surface area contributed by atoms with E-state index in [9.17, 15) is 4.79 Å². The summed E-state index contributed by atoms with van der Waals surface area (Å²) in [5, 5.41) is 6.91. The SMILES string of the molecule is Cn1cc(C(Cl)C(=O)NC2CCCCC2)c(C(C)(C)C)n1. The van der Waals surface area contributed by atoms with Gasteiger partial charge in [-0.15, -0.1) is 11.6 Å². The largest absolute Gasteiger partial charge is 0.352 e. The van der Waals surface area contributed by atoms with Crippen molar-refractivity contribution in [2.75, 3.05) is 0 Å². The van der Waals surface area contributed by atoms with E-state index in [1.165, 1.54) is 19.3 Å². The Kier molecular flexibility index (Phi) is 4.97. The summed E-state index contributed by atoms with van der Waals surface area (Å²) in [6.07, 6.45) is 7.64. The van der Waals surface area contributed by atoms with E-state index in [-0.39, 0.29) is 17.4 Å². The average Bonchev–Trinajstić information content (AvgIpc) is 2.81. The van der Waals surface area contributed by atoms with Crippen LogP contribution in [0.25, 0.3) is 0 Å². The van der Waals surface area contributed by atoms with Crippen LogP contribution in [0.2, 0.25) is 0 Å². The number of carbonyl (C=O) groups is 1. The van der Waals surface area contributed by atoms with E-state index in [0.717, 1.165) is 24.1 Å². The first-order valence-corrected chi connectivity index (χ1v) is 8.21. The molecule has 2 rings (SSSR count). The van der Waals surface area contributed by atoms with Crippen LogP contribution in [0.5, 0.6) is 0 Å². The molecule has 1 unspecified atom stereocenters. The van der Waals surface area contributed by atoms with Crippen LogP contribution in [-0.4, -0.2) is 21.7 Å². The Balaban J connectivity index is 2.11. The van der Waals surface area contributed by atoms with Crippen molar-refractivity contribution in [3.05, 3.63) is 17.5 Å². The fraction of sp³-hybridized carbons (Fsp3) is 0.750. The first-order valence-electron chi connectivity index (χ1n) is 7.77. The van der Waals surface area contributed by atoms with Crippen LogP contribution in [0.4, 0.5) is 0 Å². The average molecular weight is 312 g/mol. The molecule has 4 nitrogen and oxygen atoms in total. The van der Waals surface area contributed by atoms with Gasteiger partial charge >= 0.3 is 0 Å². The van der Waals surface area contributed by atoms with Crippen molar-refractivity contribution < 1.29 is 4.79 Å². The summed E-state index contributed by atoms with van der Waals surface area (Å²) < 4.78 is 1.74. The molecule has 1 aliphatic carbocycles. The summed E-state index contributed by atoms with van der Waals surface area (Å²) in [5.74, 6) is -0.0953. The summed E-state index contributed by atoms with van der Waals surface area (Å²) in [7, 11) is 1.86. The van der Waals surface area contributed by atoms with Crippen molar-refractivity contribution >= 4 is 17.5 Å². The maximum absolute atomic E-state index is 12.4. The van der Waals surface area contributed by atoms with E-state index in [2.05, 4.69) is 31.2 Å². The number of nitrogens with one attached hydrogen (secondary N) is 1. The van der Waals surface area contributed by atoms with Crippen LogP contribution in [0.1, 0.15) is 69.5 Å². The van der Waals surface area contributed by atoms with Crippen LogP contribution < -0.4 is 5.32 Å². The van der Waals surface area contributed by atoms with E-state index >= 15 is 0 Å². The molecule has 1 aromatic heterocycles. The lowest BCUT2D eigenvalue weighted by Crippen LogP contribution is -2.38. The molecule has 0 spiro atoms. The minimum atomic E-state index is -0.671. The molecule has 1 heterocycles. The fourth-order valence-electron chi connectivity index (χ4n) is 2.94. The van der Waals surface area contributed by atoms with E-state index in [4.69, 9.17) is 11.6 Å². The molecule has 1 fully saturated rings. The van der Waals surface area contributed by atoms with Crippen molar-refractivity contribution in [1.82, 2.24) is 15.1 Å². The van der Waals surface area contributed by atoms with E-state index < -0.39 is 5.38 Å². The molecule has 118 valence electrons. The lowest BCUT2D eigenvalue weighted by atomic mass is 9.88. The van der Waals surface area contributed by atoms with Gasteiger partial charge in [0.1, 0.15) is 5.38 Å². The molecular formula is C16H26ClN3O. The Morgan fingerprint density at radius 3 is 2.57 bits per heavy atom. The smallest absolute Gasteiger partial charge is 0.242 e. The van der Waals surface area contributed by atoms with Gasteiger partial charge in [-0.2, -0.15) is 5.10 Å². The number of rotatable bonds is 3. The van der Waals surface area contributed by atoms with Crippen LogP contribution >= 0.6 is 11.6 Å². The van der Waals surface area contributed by atoms with E-state index in [0.29, 0.717) is 0 Å². The number of alkyl halides is 1. The van der Waals surface area contributed by atoms with Gasteiger partial charge in [0, 0.05) is 30.3 Å². The molecule has 1 amide bonds. The molecule has 1 saturated carbocycles. The summed E-state index contributed by atoms with van der Waals surface area (Å²) in [6, 6.07) is 0.280. The maximum Gasteiger partial charge on any atom is 0.242 e. The van der Waals surface area contributed by atoms with Crippen molar-refractivity contribution in [1.29, 1.82) is 0 Å². The normalized spacial score (nSPS) is 18.5. The Morgan fingerprint density at radius 1 is 1.38 bits per heavy atom. The highest BCUT2D eigenvalue weighted by Gasteiger charge is 2.30. The third kappa shape index (κ3) is 4.00. The Hall–Kier alpha value is -1.03. The first-order chi connectivity index (χ1) is 9.79. The predicted molar refractivity (Wildman–Crippen MR) is 85.5 cm³/mol. The molecule has 0 aromatic carbocycles. The van der Waals surface area contributed by atoms with Gasteiger partial charge in [0.25, 0.3) is 0 Å². The lowest BCUT2D eigenvalue weighted by molar-refractivity contribution is -0.121. The highest BCUT2D eigenvalue weighted by molar-refractivity contribution is 6.30. The van der Waals surface area contributed by atoms with Gasteiger partial charge in [0.05, 0.1) is 5.69 Å². The van der Waals surface area contributed by atoms with Gasteiger partial charge in [-0.05, 0) is 12.8 Å². The second kappa shape index (κ2) is 6.39. The highest BCUT2D eigenvalue weighted by atomic mass is 35.5. The van der Waals surface area contributed by atoms with Crippen LogP contribution in [0.15, 0.2) is 6.20 Å². The molecule has 0 saturated heterocycles. The van der Waals surface area contributed by atoms with Crippen molar-refractivity contribution in [3.8, 4) is 0 Å². The molecule has 0 radical (unpaired) electrons. The number of aromatic nitrogens is 2. The molecule has 5 heteroatoms. The molecule has 0 bridgehead atoms. The van der Waals surface area contributed by atoms with Gasteiger partial charge in [0.15, 0.2) is 0 Å². The van der Waals surface area contributed by atoms with Gasteiger partial charge in [-0.3, -0.25) is 9.48 Å². The van der Waals surface area contributed by atoms with E-state index in [1.54, 1.807) is 4.68 Å². The monoisotopic (exact) mass is 311 g/mol. The molecule has 21 heavy (non-hydrogen) atoms. The van der Waals surface area contributed by atoms with Gasteiger partial charge < -0.3 is 5.32 Å². The summed E-state index contributed by atoms with van der Waals surface area (Å²) >= 11 is 6.44. The number of carbonyl (C=O) groups excluding carboxylic acids is 1. The van der Waals surface area contributed by atoms with Crippen molar-refractivity contribution in [2.24, 2.45) is 7.05 Å². The molecule has 1 aliphatic rings. The number of hydrogen-bond donors (Lipinski definition) is 1. The molecular weight excluding hydrogens is 286 g/mol. The van der Waals surface area contributed by atoms with Crippen LogP contribution in [0.3, 0.4) is 0 Å². The third-order valence-electron chi connectivity index (χ3n) is 4.02. The number of halogens is 1. The summed E-state index contributed by atoms with van der Waals surface area (Å²) in [5.41, 5.74) is 1.58. The zero-order valence-corrected chi connectivity index (χ0v) is 14.2. The maximum atomic E-state index is 12.4. The quantitative estimate of drug-likeness (QED) is 0.869. The minimum absolute atomic E-state index is 0.0953. The zero-order chi connectivity index (χ0) is 15.6. The van der Waals surface area contributed by atoms with Gasteiger partial charge in [-0.25, -0.2) is 0 Å². The summed E-state index contributed by atoms with van der Waals surface area (Å²) in [6.45, 7) is 6.25. The molecule has 0 aliphatic heterocycles. The fourth-order valence-corrected chi connectivity index (χ4v) is 3.16. The number of hydrogen-bond acceptors (Lipinski definition) is 2. The van der Waals surface area contributed by atoms with Gasteiger partial charge in [0.2, 0.25) is 5.91 Å². The van der Waals surface area contributed by atoms with Crippen molar-refractivity contribution in [3.63, 3.8) is 0 Å². The molecule has 1 N–H and O–H groups in total. The number of aryl methyl sites for hydroxylation is 1. The summed E-state index contributed by atoms with van der Waals surface area (Å²) in [4.78, 5) is 12.4. The second-order valence-electron chi connectivity index (χ2n) is 7.06. The highest BCUT2D eigenvalue weighted by Crippen LogP contribution is 2.32. The van der Waals surface area contributed by atoms with E-state index in [1.807, 2.05) is 13.2 Å². The molecule has 1 atom stereocenters. The van der Waals surface area contributed by atoms with Crippen LogP contribution in [0, 0.1) is 0 Å². The minimum Gasteiger partial charge on any atom is -0.352 e. The third-order valence-corrected chi connectivity index (χ3v) is 4.46.